The van der Waals surface area contributed by atoms with Gasteiger partial charge >= 0.3 is 0 Å². The lowest BCUT2D eigenvalue weighted by molar-refractivity contribution is 0.415. The van der Waals surface area contributed by atoms with Crippen LogP contribution in [0.3, 0.4) is 0 Å². The van der Waals surface area contributed by atoms with Gasteiger partial charge in [0, 0.05) is 5.92 Å². The van der Waals surface area contributed by atoms with Crippen LogP contribution in [0.4, 0.5) is 0 Å². The van der Waals surface area contributed by atoms with Crippen molar-refractivity contribution in [3.05, 3.63) is 66.2 Å². The molecule has 2 nitrogen and oxygen atoms in total. The molecule has 3 aromatic carbocycles. The quantitative estimate of drug-likeness (QED) is 0.670. The summed E-state index contributed by atoms with van der Waals surface area (Å²) in [4.78, 5) is 0. The molecule has 3 aromatic rings. The van der Waals surface area contributed by atoms with Crippen molar-refractivity contribution in [2.24, 2.45) is 5.92 Å². The summed E-state index contributed by atoms with van der Waals surface area (Å²) in [6.45, 7) is 0. The number of nitrogens with zero attached hydrogens (tertiary/aromatic N) is 1. The van der Waals surface area contributed by atoms with Crippen LogP contribution in [0, 0.1) is 17.2 Å². The van der Waals surface area contributed by atoms with Gasteiger partial charge in [-0.2, -0.15) is 5.26 Å². The first-order chi connectivity index (χ1) is 11.3. The van der Waals surface area contributed by atoms with Crippen LogP contribution in [0.1, 0.15) is 17.9 Å². The van der Waals surface area contributed by atoms with E-state index in [0.29, 0.717) is 5.92 Å². The second kappa shape index (κ2) is 5.44. The number of benzene rings is 3. The van der Waals surface area contributed by atoms with Crippen molar-refractivity contribution in [1.82, 2.24) is 0 Å². The molecule has 2 unspecified atom stereocenters. The third-order valence-corrected chi connectivity index (χ3v) is 4.66. The maximum Gasteiger partial charge on any atom is 0.119 e. The highest BCUT2D eigenvalue weighted by Gasteiger charge is 2.39. The number of rotatable bonds is 3. The molecule has 2 heteroatoms. The topological polar surface area (TPSA) is 33.0 Å². The van der Waals surface area contributed by atoms with E-state index in [1.54, 1.807) is 7.11 Å². The Bertz CT molecular complexity index is 908. The predicted molar refractivity (Wildman–Crippen MR) is 92.4 cm³/mol. The normalized spacial score (nSPS) is 19.3. The van der Waals surface area contributed by atoms with Crippen LogP contribution in [0.15, 0.2) is 60.7 Å². The van der Waals surface area contributed by atoms with Crippen molar-refractivity contribution >= 4 is 10.8 Å². The third-order valence-electron chi connectivity index (χ3n) is 4.66. The van der Waals surface area contributed by atoms with Crippen molar-refractivity contribution in [1.29, 1.82) is 5.26 Å². The number of hydrogen-bond acceptors (Lipinski definition) is 2. The molecule has 112 valence electrons. The molecule has 0 amide bonds. The van der Waals surface area contributed by atoms with E-state index >= 15 is 0 Å². The maximum atomic E-state index is 9.22. The lowest BCUT2D eigenvalue weighted by Crippen LogP contribution is -1.90. The average Bonchev–Trinajstić information content (AvgIpc) is 3.40. The largest absolute Gasteiger partial charge is 0.497 e. The van der Waals surface area contributed by atoms with Gasteiger partial charge in [-0.25, -0.2) is 0 Å². The maximum absolute atomic E-state index is 9.22. The molecule has 0 radical (unpaired) electrons. The van der Waals surface area contributed by atoms with Gasteiger partial charge in [-0.3, -0.25) is 0 Å². The Kier molecular flexibility index (Phi) is 3.28. The lowest BCUT2D eigenvalue weighted by atomic mass is 9.94. The zero-order valence-corrected chi connectivity index (χ0v) is 13.0. The highest BCUT2D eigenvalue weighted by Crippen LogP contribution is 2.50. The number of fused-ring (bicyclic) bond motifs is 1. The van der Waals surface area contributed by atoms with Crippen LogP contribution in [0.2, 0.25) is 0 Å². The number of methoxy groups -OCH3 is 1. The molecule has 1 saturated carbocycles. The fourth-order valence-corrected chi connectivity index (χ4v) is 3.28. The predicted octanol–water partition coefficient (Wildman–Crippen LogP) is 5.14. The van der Waals surface area contributed by atoms with Gasteiger partial charge in [0.25, 0.3) is 0 Å². The van der Waals surface area contributed by atoms with E-state index in [1.807, 2.05) is 12.1 Å². The van der Waals surface area contributed by atoms with Gasteiger partial charge in [0.2, 0.25) is 0 Å². The van der Waals surface area contributed by atoms with Gasteiger partial charge in [-0.15, -0.1) is 0 Å². The van der Waals surface area contributed by atoms with Crippen molar-refractivity contribution in [3.8, 4) is 22.9 Å². The summed E-state index contributed by atoms with van der Waals surface area (Å²) in [5, 5.41) is 11.6. The summed E-state index contributed by atoms with van der Waals surface area (Å²) >= 11 is 0. The molecule has 4 rings (SSSR count). The Labute approximate surface area is 135 Å². The monoisotopic (exact) mass is 299 g/mol. The summed E-state index contributed by atoms with van der Waals surface area (Å²) in [6.07, 6.45) is 0.959. The van der Waals surface area contributed by atoms with E-state index in [-0.39, 0.29) is 5.92 Å². The van der Waals surface area contributed by atoms with E-state index in [1.165, 1.54) is 27.5 Å². The molecule has 0 bridgehead atoms. The smallest absolute Gasteiger partial charge is 0.119 e. The standard InChI is InChI=1S/C21H17NO/c1-23-18-8-7-15-9-16(14-5-3-2-4-6-14)10-21(20(15)12-18)19-11-17(19)13-22/h2-10,12,17,19H,11H2,1H3. The van der Waals surface area contributed by atoms with Gasteiger partial charge in [0.15, 0.2) is 0 Å². The van der Waals surface area contributed by atoms with Crippen LogP contribution >= 0.6 is 0 Å². The third kappa shape index (κ3) is 2.45. The number of hydrogen-bond donors (Lipinski definition) is 0. The van der Waals surface area contributed by atoms with E-state index in [0.717, 1.165) is 12.2 Å². The second-order valence-corrected chi connectivity index (χ2v) is 6.10. The minimum atomic E-state index is 0.149. The molecule has 0 aliphatic heterocycles. The summed E-state index contributed by atoms with van der Waals surface area (Å²) < 4.78 is 5.38. The molecule has 0 aromatic heterocycles. The highest BCUT2D eigenvalue weighted by atomic mass is 16.5. The summed E-state index contributed by atoms with van der Waals surface area (Å²) in [5.74, 6) is 1.36. The summed E-state index contributed by atoms with van der Waals surface area (Å²) in [7, 11) is 1.69. The Balaban J connectivity index is 1.93. The molecule has 0 N–H and O–H groups in total. The fraction of sp³-hybridized carbons (Fsp3) is 0.190. The molecule has 0 saturated heterocycles. The lowest BCUT2D eigenvalue weighted by Gasteiger charge is -2.12. The van der Waals surface area contributed by atoms with Gasteiger partial charge in [0.05, 0.1) is 19.1 Å². The first-order valence-electron chi connectivity index (χ1n) is 7.87. The summed E-state index contributed by atoms with van der Waals surface area (Å²) in [5.41, 5.74) is 3.69. The minimum Gasteiger partial charge on any atom is -0.497 e. The molecular weight excluding hydrogens is 282 g/mol. The molecule has 1 fully saturated rings. The minimum absolute atomic E-state index is 0.149. The Hall–Kier alpha value is -2.79. The SMILES string of the molecule is COc1ccc2cc(-c3ccccc3)cc(C3CC3C#N)c2c1. The molecule has 0 heterocycles. The van der Waals surface area contributed by atoms with Crippen LogP contribution in [0.5, 0.6) is 5.75 Å². The molecule has 0 spiro atoms. The van der Waals surface area contributed by atoms with Crippen LogP contribution in [0.25, 0.3) is 21.9 Å². The molecule has 1 aliphatic carbocycles. The zero-order chi connectivity index (χ0) is 15.8. The van der Waals surface area contributed by atoms with Crippen molar-refractivity contribution in [2.45, 2.75) is 12.3 Å². The molecular formula is C21H17NO. The Morgan fingerprint density at radius 3 is 2.52 bits per heavy atom. The van der Waals surface area contributed by atoms with Gasteiger partial charge in [0.1, 0.15) is 5.75 Å². The van der Waals surface area contributed by atoms with Gasteiger partial charge in [-0.1, -0.05) is 42.5 Å². The van der Waals surface area contributed by atoms with Crippen LogP contribution in [-0.2, 0) is 0 Å². The van der Waals surface area contributed by atoms with Crippen LogP contribution < -0.4 is 4.74 Å². The van der Waals surface area contributed by atoms with Crippen molar-refractivity contribution in [3.63, 3.8) is 0 Å². The van der Waals surface area contributed by atoms with E-state index < -0.39 is 0 Å². The fourth-order valence-electron chi connectivity index (χ4n) is 3.28. The average molecular weight is 299 g/mol. The van der Waals surface area contributed by atoms with E-state index in [2.05, 4.69) is 54.6 Å². The Morgan fingerprint density at radius 2 is 1.83 bits per heavy atom. The number of ether oxygens (including phenoxy) is 1. The van der Waals surface area contributed by atoms with Crippen LogP contribution in [-0.4, -0.2) is 7.11 Å². The molecule has 1 aliphatic rings. The second-order valence-electron chi connectivity index (χ2n) is 6.10. The molecule has 2 atom stereocenters. The van der Waals surface area contributed by atoms with E-state index in [4.69, 9.17) is 4.74 Å². The Morgan fingerprint density at radius 1 is 1.00 bits per heavy atom. The summed E-state index contributed by atoms with van der Waals surface area (Å²) in [6, 6.07) is 23.5. The van der Waals surface area contributed by atoms with Crippen molar-refractivity contribution in [2.75, 3.05) is 7.11 Å². The first-order valence-corrected chi connectivity index (χ1v) is 7.87. The van der Waals surface area contributed by atoms with Gasteiger partial charge in [-0.05, 0) is 52.1 Å². The number of nitriles is 1. The van der Waals surface area contributed by atoms with E-state index in [9.17, 15) is 5.26 Å². The first kappa shape index (κ1) is 13.8. The van der Waals surface area contributed by atoms with Crippen molar-refractivity contribution < 1.29 is 4.74 Å². The molecule has 23 heavy (non-hydrogen) atoms. The van der Waals surface area contributed by atoms with Gasteiger partial charge < -0.3 is 4.74 Å². The zero-order valence-electron chi connectivity index (χ0n) is 13.0. The highest BCUT2D eigenvalue weighted by molar-refractivity contribution is 5.92.